The highest BCUT2D eigenvalue weighted by atomic mass is 35.5. The molecule has 1 aliphatic carbocycles. The van der Waals surface area contributed by atoms with Crippen LogP contribution in [0.4, 0.5) is 0 Å². The molecule has 1 fully saturated rings. The van der Waals surface area contributed by atoms with Gasteiger partial charge in [0.1, 0.15) is 12.4 Å². The van der Waals surface area contributed by atoms with Crippen LogP contribution in [0.1, 0.15) is 24.1 Å². The topological polar surface area (TPSA) is 59.8 Å². The summed E-state index contributed by atoms with van der Waals surface area (Å²) in [4.78, 5) is 2.28. The summed E-state index contributed by atoms with van der Waals surface area (Å²) in [7, 11) is 0. The van der Waals surface area contributed by atoms with Crippen molar-refractivity contribution in [3.63, 3.8) is 0 Å². The molecule has 0 radical (unpaired) electrons. The molecule has 0 unspecified atom stereocenters. The Balaban J connectivity index is 1.62. The average molecular weight is 466 g/mol. The van der Waals surface area contributed by atoms with Crippen LogP contribution in [0.25, 0.3) is 5.69 Å². The van der Waals surface area contributed by atoms with Crippen LogP contribution in [0.5, 0.6) is 11.6 Å². The first-order chi connectivity index (χ1) is 16.0. The van der Waals surface area contributed by atoms with Crippen molar-refractivity contribution in [3.8, 4) is 29.7 Å². The summed E-state index contributed by atoms with van der Waals surface area (Å²) in [6, 6.07) is 17.6. The van der Waals surface area contributed by atoms with E-state index in [1.54, 1.807) is 12.1 Å². The zero-order chi connectivity index (χ0) is 23.2. The summed E-state index contributed by atoms with van der Waals surface area (Å²) in [5.74, 6) is 3.76. The third kappa shape index (κ3) is 6.16. The highest BCUT2D eigenvalue weighted by molar-refractivity contribution is 6.30. The normalized spacial score (nSPS) is 14.3. The van der Waals surface area contributed by atoms with Gasteiger partial charge < -0.3 is 14.6 Å². The lowest BCUT2D eigenvalue weighted by Gasteiger charge is -2.25. The standard InChI is InChI=1S/C26H28ClN3O3/c1-3-15-32-18-23(31)16-29(21-11-12-21)17-25-19(2)28-30(22-7-5-4-6-8-22)26(25)33-24-13-9-20(27)10-14-24/h1,4-10,13-14,21,23,31H,11-12,15-18H2,2H3/t23-/m0/s1. The summed E-state index contributed by atoms with van der Waals surface area (Å²) in [5.41, 5.74) is 2.78. The van der Waals surface area contributed by atoms with Crippen LogP contribution in [0.15, 0.2) is 54.6 Å². The number of nitrogens with zero attached hydrogens (tertiary/aromatic N) is 3. The lowest BCUT2D eigenvalue weighted by Crippen LogP contribution is -2.36. The predicted octanol–water partition coefficient (Wildman–Crippen LogP) is 4.60. The van der Waals surface area contributed by atoms with Crippen molar-refractivity contribution in [1.82, 2.24) is 14.7 Å². The molecule has 4 rings (SSSR count). The molecule has 2 aromatic carbocycles. The largest absolute Gasteiger partial charge is 0.439 e. The van der Waals surface area contributed by atoms with E-state index in [-0.39, 0.29) is 13.2 Å². The Morgan fingerprint density at radius 2 is 1.94 bits per heavy atom. The Morgan fingerprint density at radius 3 is 2.61 bits per heavy atom. The number of aromatic nitrogens is 2. The SMILES string of the molecule is C#CCOC[C@@H](O)CN(Cc1c(C)nn(-c2ccccc2)c1Oc1ccc(Cl)cc1)C1CC1. The molecule has 1 aromatic heterocycles. The first kappa shape index (κ1) is 23.3. The fourth-order valence-corrected chi connectivity index (χ4v) is 3.87. The fourth-order valence-electron chi connectivity index (χ4n) is 3.75. The number of hydrogen-bond acceptors (Lipinski definition) is 5. The van der Waals surface area contributed by atoms with E-state index in [4.69, 9.17) is 32.6 Å². The summed E-state index contributed by atoms with van der Waals surface area (Å²) in [5, 5.41) is 15.9. The Kier molecular flexibility index (Phi) is 7.69. The van der Waals surface area contributed by atoms with Crippen molar-refractivity contribution < 1.29 is 14.6 Å². The number of ether oxygens (including phenoxy) is 2. The number of benzene rings is 2. The van der Waals surface area contributed by atoms with Crippen LogP contribution in [-0.4, -0.2) is 51.7 Å². The van der Waals surface area contributed by atoms with Gasteiger partial charge in [-0.05, 0) is 56.2 Å². The second kappa shape index (κ2) is 10.9. The number of aliphatic hydroxyl groups excluding tert-OH is 1. The molecule has 1 atom stereocenters. The van der Waals surface area contributed by atoms with Crippen molar-refractivity contribution in [2.45, 2.75) is 38.5 Å². The summed E-state index contributed by atoms with van der Waals surface area (Å²) >= 11 is 6.06. The highest BCUT2D eigenvalue weighted by Crippen LogP contribution is 2.35. The van der Waals surface area contributed by atoms with Crippen molar-refractivity contribution in [3.05, 3.63) is 70.9 Å². The third-order valence-corrected chi connectivity index (χ3v) is 5.78. The second-order valence-electron chi connectivity index (χ2n) is 8.21. The Labute approximate surface area is 199 Å². The maximum absolute atomic E-state index is 10.5. The molecule has 1 aliphatic rings. The number of hydrogen-bond donors (Lipinski definition) is 1. The maximum atomic E-state index is 10.5. The molecule has 7 heteroatoms. The Bertz CT molecular complexity index is 1090. The quantitative estimate of drug-likeness (QED) is 0.331. The van der Waals surface area contributed by atoms with Crippen molar-refractivity contribution in [2.75, 3.05) is 19.8 Å². The predicted molar refractivity (Wildman–Crippen MR) is 129 cm³/mol. The number of terminal acetylenes is 1. The molecule has 0 amide bonds. The number of aliphatic hydroxyl groups is 1. The number of aryl methyl sites for hydroxylation is 1. The van der Waals surface area contributed by atoms with Crippen LogP contribution < -0.4 is 4.74 Å². The molecule has 0 spiro atoms. The van der Waals surface area contributed by atoms with Gasteiger partial charge in [0.05, 0.1) is 29.7 Å². The van der Waals surface area contributed by atoms with E-state index < -0.39 is 6.10 Å². The number of para-hydroxylation sites is 1. The number of rotatable bonds is 11. The molecular weight excluding hydrogens is 438 g/mol. The van der Waals surface area contributed by atoms with E-state index in [1.807, 2.05) is 54.1 Å². The van der Waals surface area contributed by atoms with Crippen LogP contribution >= 0.6 is 11.6 Å². The van der Waals surface area contributed by atoms with Crippen LogP contribution in [0.3, 0.4) is 0 Å². The lowest BCUT2D eigenvalue weighted by molar-refractivity contribution is 0.0241. The smallest absolute Gasteiger partial charge is 0.227 e. The summed E-state index contributed by atoms with van der Waals surface area (Å²) < 4.78 is 13.5. The molecule has 0 saturated heterocycles. The van der Waals surface area contributed by atoms with Gasteiger partial charge in [-0.25, -0.2) is 4.68 Å². The van der Waals surface area contributed by atoms with Crippen molar-refractivity contribution in [2.24, 2.45) is 0 Å². The molecule has 3 aromatic rings. The van der Waals surface area contributed by atoms with Gasteiger partial charge in [-0.3, -0.25) is 4.90 Å². The second-order valence-corrected chi connectivity index (χ2v) is 8.64. The highest BCUT2D eigenvalue weighted by Gasteiger charge is 2.32. The van der Waals surface area contributed by atoms with Crippen LogP contribution in [0, 0.1) is 19.3 Å². The van der Waals surface area contributed by atoms with Gasteiger partial charge in [0.25, 0.3) is 0 Å². The summed E-state index contributed by atoms with van der Waals surface area (Å²) in [6.45, 7) is 3.50. The van der Waals surface area contributed by atoms with Crippen LogP contribution in [0.2, 0.25) is 5.02 Å². The van der Waals surface area contributed by atoms with E-state index in [1.165, 1.54) is 0 Å². The first-order valence-electron chi connectivity index (χ1n) is 11.1. The Morgan fingerprint density at radius 1 is 1.21 bits per heavy atom. The van der Waals surface area contributed by atoms with E-state index in [2.05, 4.69) is 10.8 Å². The lowest BCUT2D eigenvalue weighted by atomic mass is 10.2. The van der Waals surface area contributed by atoms with Crippen LogP contribution in [-0.2, 0) is 11.3 Å². The van der Waals surface area contributed by atoms with Crippen molar-refractivity contribution in [1.29, 1.82) is 0 Å². The van der Waals surface area contributed by atoms with Crippen molar-refractivity contribution >= 4 is 11.6 Å². The van der Waals surface area contributed by atoms with Gasteiger partial charge in [0.2, 0.25) is 5.88 Å². The molecular formula is C26H28ClN3O3. The monoisotopic (exact) mass is 465 g/mol. The number of halogens is 1. The van der Waals surface area contributed by atoms with E-state index in [0.29, 0.717) is 35.8 Å². The fraction of sp³-hybridized carbons (Fsp3) is 0.346. The van der Waals surface area contributed by atoms with Gasteiger partial charge in [0, 0.05) is 24.2 Å². The molecule has 1 saturated carbocycles. The third-order valence-electron chi connectivity index (χ3n) is 5.53. The van der Waals surface area contributed by atoms with Gasteiger partial charge in [-0.15, -0.1) is 6.42 Å². The molecule has 6 nitrogen and oxygen atoms in total. The molecule has 0 bridgehead atoms. The minimum Gasteiger partial charge on any atom is -0.439 e. The van der Waals surface area contributed by atoms with E-state index >= 15 is 0 Å². The van der Waals surface area contributed by atoms with E-state index in [0.717, 1.165) is 29.8 Å². The van der Waals surface area contributed by atoms with Gasteiger partial charge in [-0.2, -0.15) is 5.10 Å². The molecule has 1 N–H and O–H groups in total. The van der Waals surface area contributed by atoms with E-state index in [9.17, 15) is 5.11 Å². The van der Waals surface area contributed by atoms with Gasteiger partial charge in [-0.1, -0.05) is 35.7 Å². The average Bonchev–Trinajstić information content (AvgIpc) is 3.62. The maximum Gasteiger partial charge on any atom is 0.227 e. The molecule has 33 heavy (non-hydrogen) atoms. The first-order valence-corrected chi connectivity index (χ1v) is 11.4. The molecule has 172 valence electrons. The molecule has 0 aliphatic heterocycles. The minimum absolute atomic E-state index is 0.197. The summed E-state index contributed by atoms with van der Waals surface area (Å²) in [6.07, 6.45) is 6.83. The Hall–Kier alpha value is -2.82. The zero-order valence-corrected chi connectivity index (χ0v) is 19.4. The van der Waals surface area contributed by atoms with Gasteiger partial charge >= 0.3 is 0 Å². The molecule has 1 heterocycles. The minimum atomic E-state index is -0.621. The zero-order valence-electron chi connectivity index (χ0n) is 18.7. The van der Waals surface area contributed by atoms with Gasteiger partial charge in [0.15, 0.2) is 0 Å².